The Labute approximate surface area is 106 Å². The number of hydrogen-bond acceptors (Lipinski definition) is 3. The Hall–Kier alpha value is -2.29. The summed E-state index contributed by atoms with van der Waals surface area (Å²) in [7, 11) is 1.67. The molecule has 1 aliphatic rings. The average molecular weight is 238 g/mol. The van der Waals surface area contributed by atoms with Gasteiger partial charge in [0.05, 0.1) is 13.4 Å². The van der Waals surface area contributed by atoms with E-state index < -0.39 is 0 Å². The third-order valence-electron chi connectivity index (χ3n) is 3.13. The fraction of sp³-hybridized carbons (Fsp3) is 0.133. The Morgan fingerprint density at radius 1 is 1.06 bits per heavy atom. The highest BCUT2D eigenvalue weighted by Crippen LogP contribution is 2.33. The van der Waals surface area contributed by atoms with Gasteiger partial charge in [-0.05, 0) is 23.8 Å². The molecule has 0 aromatic heterocycles. The van der Waals surface area contributed by atoms with Gasteiger partial charge in [0.2, 0.25) is 0 Å². The zero-order valence-corrected chi connectivity index (χ0v) is 10.1. The minimum Gasteiger partial charge on any atom is -0.497 e. The van der Waals surface area contributed by atoms with Crippen LogP contribution >= 0.6 is 0 Å². The molecule has 0 spiro atoms. The van der Waals surface area contributed by atoms with Gasteiger partial charge in [-0.15, -0.1) is 0 Å². The Bertz CT molecular complexity index is 575. The lowest BCUT2D eigenvalue weighted by molar-refractivity contribution is 0.414. The van der Waals surface area contributed by atoms with Crippen molar-refractivity contribution in [1.82, 2.24) is 0 Å². The molecule has 1 heterocycles. The van der Waals surface area contributed by atoms with Crippen LogP contribution in [0.25, 0.3) is 0 Å². The molecule has 18 heavy (non-hydrogen) atoms. The van der Waals surface area contributed by atoms with E-state index in [-0.39, 0.29) is 6.04 Å². The van der Waals surface area contributed by atoms with Crippen molar-refractivity contribution in [1.29, 1.82) is 0 Å². The number of rotatable bonds is 2. The third kappa shape index (κ3) is 1.84. The summed E-state index contributed by atoms with van der Waals surface area (Å²) in [6.45, 7) is 0. The summed E-state index contributed by atoms with van der Waals surface area (Å²) >= 11 is 0. The lowest BCUT2D eigenvalue weighted by Gasteiger charge is -2.21. The molecule has 1 unspecified atom stereocenters. The topological polar surface area (TPSA) is 33.6 Å². The van der Waals surface area contributed by atoms with Gasteiger partial charge in [-0.25, -0.2) is 0 Å². The van der Waals surface area contributed by atoms with E-state index in [0.717, 1.165) is 11.4 Å². The SMILES string of the molecule is COc1ccc(C2N=CNc3ccccc32)cc1. The van der Waals surface area contributed by atoms with E-state index in [1.165, 1.54) is 11.1 Å². The molecule has 1 atom stereocenters. The Balaban J connectivity index is 2.00. The molecule has 0 amide bonds. The minimum absolute atomic E-state index is 0.0633. The normalized spacial score (nSPS) is 16.8. The number of nitrogens with one attached hydrogen (secondary N) is 1. The van der Waals surface area contributed by atoms with Crippen LogP contribution in [0.15, 0.2) is 53.5 Å². The molecule has 0 radical (unpaired) electrons. The van der Waals surface area contributed by atoms with Crippen LogP contribution < -0.4 is 10.1 Å². The monoisotopic (exact) mass is 238 g/mol. The number of nitrogens with zero attached hydrogens (tertiary/aromatic N) is 1. The summed E-state index contributed by atoms with van der Waals surface area (Å²) in [5.41, 5.74) is 3.49. The number of fused-ring (bicyclic) bond motifs is 1. The number of methoxy groups -OCH3 is 1. The molecule has 2 aromatic rings. The van der Waals surface area contributed by atoms with Crippen molar-refractivity contribution in [2.45, 2.75) is 6.04 Å². The number of aliphatic imine (C=N–C) groups is 1. The van der Waals surface area contributed by atoms with Crippen LogP contribution in [0.2, 0.25) is 0 Å². The van der Waals surface area contributed by atoms with E-state index in [0.29, 0.717) is 0 Å². The van der Waals surface area contributed by atoms with Crippen molar-refractivity contribution in [3.63, 3.8) is 0 Å². The number of para-hydroxylation sites is 1. The van der Waals surface area contributed by atoms with Gasteiger partial charge in [-0.2, -0.15) is 0 Å². The summed E-state index contributed by atoms with van der Waals surface area (Å²) in [6.07, 6.45) is 1.76. The summed E-state index contributed by atoms with van der Waals surface area (Å²) < 4.78 is 5.18. The van der Waals surface area contributed by atoms with E-state index in [4.69, 9.17) is 4.74 Å². The van der Waals surface area contributed by atoms with Gasteiger partial charge in [-0.3, -0.25) is 4.99 Å². The molecule has 3 nitrogen and oxygen atoms in total. The Morgan fingerprint density at radius 2 is 1.83 bits per heavy atom. The molecule has 1 N–H and O–H groups in total. The van der Waals surface area contributed by atoms with Crippen LogP contribution in [-0.4, -0.2) is 13.4 Å². The zero-order chi connectivity index (χ0) is 12.4. The van der Waals surface area contributed by atoms with Crippen LogP contribution in [0.4, 0.5) is 5.69 Å². The standard InChI is InChI=1S/C15H14N2O/c1-18-12-8-6-11(7-9-12)15-13-4-2-3-5-14(13)16-10-17-15/h2-10,15H,1H3,(H,16,17). The van der Waals surface area contributed by atoms with E-state index in [9.17, 15) is 0 Å². The number of hydrogen-bond donors (Lipinski definition) is 1. The summed E-state index contributed by atoms with van der Waals surface area (Å²) in [5.74, 6) is 0.866. The zero-order valence-electron chi connectivity index (χ0n) is 10.1. The van der Waals surface area contributed by atoms with E-state index in [1.807, 2.05) is 24.3 Å². The van der Waals surface area contributed by atoms with Gasteiger partial charge in [0.25, 0.3) is 0 Å². The Morgan fingerprint density at radius 3 is 2.61 bits per heavy atom. The van der Waals surface area contributed by atoms with E-state index in [2.05, 4.69) is 34.6 Å². The largest absolute Gasteiger partial charge is 0.497 e. The number of benzene rings is 2. The molecule has 0 saturated heterocycles. The quantitative estimate of drug-likeness (QED) is 0.871. The Kier molecular flexibility index (Phi) is 2.73. The van der Waals surface area contributed by atoms with Crippen LogP contribution in [0.1, 0.15) is 17.2 Å². The predicted octanol–water partition coefficient (Wildman–Crippen LogP) is 3.24. The maximum Gasteiger partial charge on any atom is 0.118 e. The highest BCUT2D eigenvalue weighted by atomic mass is 16.5. The molecule has 90 valence electrons. The first-order chi connectivity index (χ1) is 8.88. The van der Waals surface area contributed by atoms with Crippen molar-refractivity contribution in [2.75, 3.05) is 12.4 Å². The summed E-state index contributed by atoms with van der Waals surface area (Å²) in [5, 5.41) is 3.17. The lowest BCUT2D eigenvalue weighted by atomic mass is 9.97. The smallest absolute Gasteiger partial charge is 0.118 e. The number of ether oxygens (including phenoxy) is 1. The van der Waals surface area contributed by atoms with Crippen molar-refractivity contribution in [2.24, 2.45) is 4.99 Å². The van der Waals surface area contributed by atoms with Crippen molar-refractivity contribution < 1.29 is 4.74 Å². The van der Waals surface area contributed by atoms with Gasteiger partial charge in [0.15, 0.2) is 0 Å². The summed E-state index contributed by atoms with van der Waals surface area (Å²) in [4.78, 5) is 4.52. The van der Waals surface area contributed by atoms with Crippen LogP contribution in [0.5, 0.6) is 5.75 Å². The maximum atomic E-state index is 5.18. The molecule has 0 aliphatic carbocycles. The second kappa shape index (κ2) is 4.53. The predicted molar refractivity (Wildman–Crippen MR) is 73.4 cm³/mol. The van der Waals surface area contributed by atoms with E-state index >= 15 is 0 Å². The van der Waals surface area contributed by atoms with Crippen LogP contribution in [0.3, 0.4) is 0 Å². The van der Waals surface area contributed by atoms with Gasteiger partial charge in [0.1, 0.15) is 11.8 Å². The first kappa shape index (κ1) is 10.8. The van der Waals surface area contributed by atoms with Gasteiger partial charge in [-0.1, -0.05) is 30.3 Å². The maximum absolute atomic E-state index is 5.18. The molecular weight excluding hydrogens is 224 g/mol. The van der Waals surface area contributed by atoms with Crippen LogP contribution in [0, 0.1) is 0 Å². The average Bonchev–Trinajstić information content (AvgIpc) is 2.47. The molecule has 0 saturated carbocycles. The van der Waals surface area contributed by atoms with Crippen molar-refractivity contribution >= 4 is 12.0 Å². The molecular formula is C15H14N2O. The van der Waals surface area contributed by atoms with Gasteiger partial charge < -0.3 is 10.1 Å². The highest BCUT2D eigenvalue weighted by molar-refractivity contribution is 5.81. The van der Waals surface area contributed by atoms with Gasteiger partial charge >= 0.3 is 0 Å². The molecule has 0 bridgehead atoms. The van der Waals surface area contributed by atoms with Crippen LogP contribution in [-0.2, 0) is 0 Å². The molecule has 1 aliphatic heterocycles. The molecule has 0 fully saturated rings. The minimum atomic E-state index is 0.0633. The van der Waals surface area contributed by atoms with Crippen molar-refractivity contribution in [3.05, 3.63) is 59.7 Å². The van der Waals surface area contributed by atoms with Gasteiger partial charge in [0, 0.05) is 11.3 Å². The second-order valence-electron chi connectivity index (χ2n) is 4.19. The fourth-order valence-corrected chi connectivity index (χ4v) is 2.18. The molecule has 3 heteroatoms. The first-order valence-electron chi connectivity index (χ1n) is 5.89. The summed E-state index contributed by atoms with van der Waals surface area (Å²) in [6, 6.07) is 16.4. The molecule has 3 rings (SSSR count). The third-order valence-corrected chi connectivity index (χ3v) is 3.13. The number of anilines is 1. The first-order valence-corrected chi connectivity index (χ1v) is 5.89. The molecule has 2 aromatic carbocycles. The lowest BCUT2D eigenvalue weighted by Crippen LogP contribution is -2.11. The van der Waals surface area contributed by atoms with E-state index in [1.54, 1.807) is 13.4 Å². The fourth-order valence-electron chi connectivity index (χ4n) is 2.18. The van der Waals surface area contributed by atoms with Crippen molar-refractivity contribution in [3.8, 4) is 5.75 Å². The highest BCUT2D eigenvalue weighted by Gasteiger charge is 2.18. The second-order valence-corrected chi connectivity index (χ2v) is 4.19.